The zero-order valence-corrected chi connectivity index (χ0v) is 12.2. The molecule has 0 unspecified atom stereocenters. The number of tetrazole rings is 1. The topological polar surface area (TPSA) is 76.5 Å². The van der Waals surface area contributed by atoms with Crippen molar-refractivity contribution in [3.63, 3.8) is 0 Å². The Morgan fingerprint density at radius 3 is 2.57 bits per heavy atom. The predicted molar refractivity (Wildman–Crippen MR) is 86.9 cm³/mol. The van der Waals surface area contributed by atoms with Gasteiger partial charge >= 0.3 is 0 Å². The second kappa shape index (κ2) is 5.49. The van der Waals surface area contributed by atoms with Crippen LogP contribution in [0, 0.1) is 0 Å². The van der Waals surface area contributed by atoms with Gasteiger partial charge in [0.1, 0.15) is 0 Å². The van der Waals surface area contributed by atoms with E-state index < -0.39 is 0 Å². The Labute approximate surface area is 131 Å². The molecule has 6 heteroatoms. The van der Waals surface area contributed by atoms with Gasteiger partial charge in [0.15, 0.2) is 0 Å². The molecule has 0 saturated carbocycles. The highest BCUT2D eigenvalue weighted by Crippen LogP contribution is 2.17. The Balaban J connectivity index is 1.96. The van der Waals surface area contributed by atoms with Gasteiger partial charge < -0.3 is 4.57 Å². The number of nitrogens with one attached hydrogen (secondary N) is 1. The molecule has 6 nitrogen and oxygen atoms in total. The number of benzene rings is 2. The van der Waals surface area contributed by atoms with Gasteiger partial charge in [0.25, 0.3) is 0 Å². The van der Waals surface area contributed by atoms with Gasteiger partial charge in [-0.1, -0.05) is 42.5 Å². The number of hydrogen-bond donors (Lipinski definition) is 1. The summed E-state index contributed by atoms with van der Waals surface area (Å²) in [6, 6.07) is 17.6. The standard InChI is InChI=1S/C17H13N5O/c23-16-13-8-4-5-9-15(13)22(10-12-6-2-1-3-7-12)11-14(16)17-18-20-21-19-17/h1-9,11H,10H2,(H,18,19,20,21). The molecule has 23 heavy (non-hydrogen) atoms. The first-order valence-corrected chi connectivity index (χ1v) is 7.23. The van der Waals surface area contributed by atoms with Crippen LogP contribution in [-0.2, 0) is 6.54 Å². The summed E-state index contributed by atoms with van der Waals surface area (Å²) in [6.07, 6.45) is 1.79. The largest absolute Gasteiger partial charge is 0.342 e. The van der Waals surface area contributed by atoms with Crippen LogP contribution >= 0.6 is 0 Å². The van der Waals surface area contributed by atoms with Gasteiger partial charge in [0.2, 0.25) is 11.3 Å². The lowest BCUT2D eigenvalue weighted by atomic mass is 10.1. The van der Waals surface area contributed by atoms with E-state index in [-0.39, 0.29) is 5.43 Å². The minimum Gasteiger partial charge on any atom is -0.342 e. The summed E-state index contributed by atoms with van der Waals surface area (Å²) < 4.78 is 2.04. The monoisotopic (exact) mass is 303 g/mol. The van der Waals surface area contributed by atoms with E-state index in [1.165, 1.54) is 0 Å². The van der Waals surface area contributed by atoms with Gasteiger partial charge in [-0.15, -0.1) is 10.2 Å². The maximum atomic E-state index is 12.7. The molecular weight excluding hydrogens is 290 g/mol. The number of hydrogen-bond acceptors (Lipinski definition) is 4. The molecular formula is C17H13N5O. The van der Waals surface area contributed by atoms with Gasteiger partial charge in [-0.2, -0.15) is 5.21 Å². The first kappa shape index (κ1) is 13.4. The van der Waals surface area contributed by atoms with Gasteiger partial charge in [-0.3, -0.25) is 4.79 Å². The molecule has 0 saturated heterocycles. The lowest BCUT2D eigenvalue weighted by Crippen LogP contribution is -2.13. The molecule has 0 aliphatic heterocycles. The Morgan fingerprint density at radius 1 is 1.00 bits per heavy atom. The number of aromatic amines is 1. The van der Waals surface area contributed by atoms with Gasteiger partial charge in [-0.25, -0.2) is 0 Å². The average molecular weight is 303 g/mol. The summed E-state index contributed by atoms with van der Waals surface area (Å²) >= 11 is 0. The fourth-order valence-corrected chi connectivity index (χ4v) is 2.69. The van der Waals surface area contributed by atoms with E-state index in [9.17, 15) is 4.79 Å². The third kappa shape index (κ3) is 2.40. The molecule has 2 heterocycles. The number of rotatable bonds is 3. The first-order chi connectivity index (χ1) is 11.3. The summed E-state index contributed by atoms with van der Waals surface area (Å²) in [5.74, 6) is 0.308. The van der Waals surface area contributed by atoms with Crippen molar-refractivity contribution in [3.05, 3.63) is 76.6 Å². The number of H-pyrrole nitrogens is 1. The number of fused-ring (bicyclic) bond motifs is 1. The van der Waals surface area contributed by atoms with Gasteiger partial charge in [-0.05, 0) is 22.9 Å². The number of para-hydroxylation sites is 1. The fraction of sp³-hybridized carbons (Fsp3) is 0.0588. The van der Waals surface area contributed by atoms with Crippen molar-refractivity contribution in [1.82, 2.24) is 25.2 Å². The van der Waals surface area contributed by atoms with Crippen molar-refractivity contribution < 1.29 is 0 Å². The molecule has 0 spiro atoms. The molecule has 2 aromatic carbocycles. The second-order valence-electron chi connectivity index (χ2n) is 5.24. The van der Waals surface area contributed by atoms with Crippen LogP contribution in [0.4, 0.5) is 0 Å². The normalized spacial score (nSPS) is 11.0. The zero-order valence-electron chi connectivity index (χ0n) is 12.2. The smallest absolute Gasteiger partial charge is 0.210 e. The van der Waals surface area contributed by atoms with Crippen molar-refractivity contribution in [2.75, 3.05) is 0 Å². The summed E-state index contributed by atoms with van der Waals surface area (Å²) in [5, 5.41) is 14.5. The van der Waals surface area contributed by atoms with Crippen molar-refractivity contribution in [1.29, 1.82) is 0 Å². The molecule has 112 valence electrons. The van der Waals surface area contributed by atoms with Crippen LogP contribution in [0.3, 0.4) is 0 Å². The van der Waals surface area contributed by atoms with Gasteiger partial charge in [0.05, 0.1) is 11.1 Å². The highest BCUT2D eigenvalue weighted by atomic mass is 16.1. The quantitative estimate of drug-likeness (QED) is 0.629. The molecule has 0 bridgehead atoms. The van der Waals surface area contributed by atoms with E-state index in [1.807, 2.05) is 47.0 Å². The molecule has 0 radical (unpaired) electrons. The molecule has 4 rings (SSSR count). The van der Waals surface area contributed by atoms with Crippen LogP contribution in [-0.4, -0.2) is 25.2 Å². The molecule has 0 aliphatic carbocycles. The summed E-state index contributed by atoms with van der Waals surface area (Å²) in [7, 11) is 0. The van der Waals surface area contributed by atoms with Crippen LogP contribution in [0.5, 0.6) is 0 Å². The fourth-order valence-electron chi connectivity index (χ4n) is 2.69. The SMILES string of the molecule is O=c1c(-c2nn[nH]n2)cn(Cc2ccccc2)c2ccccc12. The number of pyridine rings is 1. The molecule has 1 N–H and O–H groups in total. The minimum absolute atomic E-state index is 0.0914. The molecule has 4 aromatic rings. The Kier molecular flexibility index (Phi) is 3.20. The predicted octanol–water partition coefficient (Wildman–Crippen LogP) is 2.23. The number of aromatic nitrogens is 5. The van der Waals surface area contributed by atoms with Crippen LogP contribution < -0.4 is 5.43 Å². The van der Waals surface area contributed by atoms with Crippen molar-refractivity contribution in [2.45, 2.75) is 6.54 Å². The molecule has 0 atom stereocenters. The Bertz CT molecular complexity index is 1010. The van der Waals surface area contributed by atoms with E-state index in [0.29, 0.717) is 23.3 Å². The van der Waals surface area contributed by atoms with Crippen LogP contribution in [0.15, 0.2) is 65.6 Å². The number of nitrogens with zero attached hydrogens (tertiary/aromatic N) is 4. The molecule has 0 fully saturated rings. The Morgan fingerprint density at radius 2 is 1.78 bits per heavy atom. The lowest BCUT2D eigenvalue weighted by molar-refractivity contribution is 0.826. The second-order valence-corrected chi connectivity index (χ2v) is 5.24. The molecule has 0 amide bonds. The summed E-state index contributed by atoms with van der Waals surface area (Å²) in [6.45, 7) is 0.659. The van der Waals surface area contributed by atoms with E-state index >= 15 is 0 Å². The van der Waals surface area contributed by atoms with E-state index in [0.717, 1.165) is 11.1 Å². The van der Waals surface area contributed by atoms with Crippen molar-refractivity contribution >= 4 is 10.9 Å². The summed E-state index contributed by atoms with van der Waals surface area (Å²) in [4.78, 5) is 12.7. The lowest BCUT2D eigenvalue weighted by Gasteiger charge is -2.12. The van der Waals surface area contributed by atoms with Crippen molar-refractivity contribution in [3.8, 4) is 11.4 Å². The minimum atomic E-state index is -0.0914. The average Bonchev–Trinajstić information content (AvgIpc) is 3.13. The van der Waals surface area contributed by atoms with Crippen molar-refractivity contribution in [2.24, 2.45) is 0 Å². The summed E-state index contributed by atoms with van der Waals surface area (Å²) in [5.41, 5.74) is 2.38. The molecule has 0 aliphatic rings. The Hall–Kier alpha value is -3.28. The maximum absolute atomic E-state index is 12.7. The first-order valence-electron chi connectivity index (χ1n) is 7.23. The van der Waals surface area contributed by atoms with Gasteiger partial charge in [0, 0.05) is 18.1 Å². The third-order valence-electron chi connectivity index (χ3n) is 3.77. The molecule has 2 aromatic heterocycles. The highest BCUT2D eigenvalue weighted by Gasteiger charge is 2.13. The van der Waals surface area contributed by atoms with E-state index in [1.54, 1.807) is 6.20 Å². The van der Waals surface area contributed by atoms with Crippen LogP contribution in [0.25, 0.3) is 22.3 Å². The third-order valence-corrected chi connectivity index (χ3v) is 3.77. The van der Waals surface area contributed by atoms with E-state index in [2.05, 4.69) is 32.8 Å². The van der Waals surface area contributed by atoms with Crippen LogP contribution in [0.1, 0.15) is 5.56 Å². The van der Waals surface area contributed by atoms with E-state index in [4.69, 9.17) is 0 Å². The highest BCUT2D eigenvalue weighted by molar-refractivity contribution is 5.82. The zero-order chi connectivity index (χ0) is 15.6. The van der Waals surface area contributed by atoms with Crippen LogP contribution in [0.2, 0.25) is 0 Å². The maximum Gasteiger partial charge on any atom is 0.210 e.